The molecule has 2 aromatic carbocycles. The van der Waals surface area contributed by atoms with Gasteiger partial charge < -0.3 is 20.3 Å². The van der Waals surface area contributed by atoms with Gasteiger partial charge in [-0.1, -0.05) is 24.2 Å². The third kappa shape index (κ3) is 4.53. The van der Waals surface area contributed by atoms with E-state index in [1.54, 1.807) is 17.0 Å². The molecule has 1 amide bonds. The Morgan fingerprint density at radius 2 is 1.97 bits per heavy atom. The van der Waals surface area contributed by atoms with E-state index < -0.39 is 11.6 Å². The fraction of sp³-hybridized carbons (Fsp3) is 0.292. The minimum Gasteiger partial charge on any atom is -0.493 e. The maximum atomic E-state index is 15.8. The SMILES string of the molecule is C=CC(=O)N1CCN(c2ncnc3c(F)c(-c4c(F)cccc4OCCCN)c(Cl)cc23)CC1. The Morgan fingerprint density at radius 3 is 2.68 bits per heavy atom. The van der Waals surface area contributed by atoms with Gasteiger partial charge in [0.1, 0.15) is 29.2 Å². The van der Waals surface area contributed by atoms with Crippen LogP contribution in [0.1, 0.15) is 6.42 Å². The van der Waals surface area contributed by atoms with Crippen molar-refractivity contribution < 1.29 is 18.3 Å². The van der Waals surface area contributed by atoms with Crippen molar-refractivity contribution in [2.75, 3.05) is 44.2 Å². The van der Waals surface area contributed by atoms with Crippen molar-refractivity contribution in [1.82, 2.24) is 14.9 Å². The summed E-state index contributed by atoms with van der Waals surface area (Å²) >= 11 is 6.52. The number of rotatable bonds is 7. The average molecular weight is 488 g/mol. The number of carbonyl (C=O) groups is 1. The van der Waals surface area contributed by atoms with Crippen LogP contribution in [0.25, 0.3) is 22.0 Å². The molecule has 0 atom stereocenters. The van der Waals surface area contributed by atoms with Crippen LogP contribution < -0.4 is 15.4 Å². The largest absolute Gasteiger partial charge is 0.493 e. The number of amides is 1. The molecule has 1 fully saturated rings. The van der Waals surface area contributed by atoms with Gasteiger partial charge in [0.15, 0.2) is 5.82 Å². The lowest BCUT2D eigenvalue weighted by Crippen LogP contribution is -2.48. The minimum atomic E-state index is -0.764. The Bertz CT molecular complexity index is 1230. The van der Waals surface area contributed by atoms with Crippen molar-refractivity contribution in [2.45, 2.75) is 6.42 Å². The summed E-state index contributed by atoms with van der Waals surface area (Å²) in [7, 11) is 0. The smallest absolute Gasteiger partial charge is 0.246 e. The Hall–Kier alpha value is -3.30. The molecule has 178 valence electrons. The van der Waals surface area contributed by atoms with Crippen LogP contribution in [0.3, 0.4) is 0 Å². The van der Waals surface area contributed by atoms with Crippen molar-refractivity contribution in [3.63, 3.8) is 0 Å². The molecular formula is C24H24ClF2N5O2. The van der Waals surface area contributed by atoms with Crippen LogP contribution in [0.4, 0.5) is 14.6 Å². The molecule has 4 rings (SSSR count). The van der Waals surface area contributed by atoms with Crippen LogP contribution in [0, 0.1) is 11.6 Å². The first-order chi connectivity index (χ1) is 16.5. The minimum absolute atomic E-state index is 0.00953. The zero-order chi connectivity index (χ0) is 24.2. The molecule has 34 heavy (non-hydrogen) atoms. The summed E-state index contributed by atoms with van der Waals surface area (Å²) in [5.74, 6) is -0.898. The van der Waals surface area contributed by atoms with Crippen molar-refractivity contribution in [3.05, 3.63) is 59.9 Å². The van der Waals surface area contributed by atoms with Gasteiger partial charge in [0.2, 0.25) is 5.91 Å². The molecule has 0 aliphatic carbocycles. The summed E-state index contributed by atoms with van der Waals surface area (Å²) in [6.45, 7) is 6.13. The Kier molecular flexibility index (Phi) is 7.23. The Labute approximate surface area is 200 Å². The first-order valence-electron chi connectivity index (χ1n) is 10.9. The number of carbonyl (C=O) groups excluding carboxylic acids is 1. The van der Waals surface area contributed by atoms with Crippen LogP contribution in [0.2, 0.25) is 5.02 Å². The molecule has 0 radical (unpaired) electrons. The zero-order valence-corrected chi connectivity index (χ0v) is 19.2. The topological polar surface area (TPSA) is 84.6 Å². The van der Waals surface area contributed by atoms with E-state index in [2.05, 4.69) is 16.5 Å². The van der Waals surface area contributed by atoms with E-state index in [9.17, 15) is 9.18 Å². The van der Waals surface area contributed by atoms with Gasteiger partial charge in [-0.05, 0) is 37.2 Å². The molecule has 2 heterocycles. The molecule has 3 aromatic rings. The van der Waals surface area contributed by atoms with E-state index in [0.717, 1.165) is 0 Å². The first-order valence-corrected chi connectivity index (χ1v) is 11.2. The normalized spacial score (nSPS) is 13.9. The number of anilines is 1. The van der Waals surface area contributed by atoms with E-state index in [1.165, 1.54) is 24.5 Å². The van der Waals surface area contributed by atoms with Crippen molar-refractivity contribution in [3.8, 4) is 16.9 Å². The fourth-order valence-corrected chi connectivity index (χ4v) is 4.28. The summed E-state index contributed by atoms with van der Waals surface area (Å²) in [6, 6.07) is 5.81. The number of nitrogens with zero attached hydrogens (tertiary/aromatic N) is 4. The number of nitrogens with two attached hydrogens (primary N) is 1. The molecular weight excluding hydrogens is 464 g/mol. The van der Waals surface area contributed by atoms with Gasteiger partial charge >= 0.3 is 0 Å². The van der Waals surface area contributed by atoms with Crippen molar-refractivity contribution in [2.24, 2.45) is 5.73 Å². The van der Waals surface area contributed by atoms with E-state index in [-0.39, 0.29) is 39.9 Å². The number of benzene rings is 2. The number of hydrogen-bond acceptors (Lipinski definition) is 6. The summed E-state index contributed by atoms with van der Waals surface area (Å²) in [5, 5.41) is 0.412. The van der Waals surface area contributed by atoms with Crippen molar-refractivity contribution in [1.29, 1.82) is 0 Å². The highest BCUT2D eigenvalue weighted by molar-refractivity contribution is 6.34. The molecule has 0 bridgehead atoms. The Balaban J connectivity index is 1.75. The molecule has 1 aliphatic heterocycles. The predicted octanol–water partition coefficient (Wildman–Crippen LogP) is 3.79. The monoisotopic (exact) mass is 487 g/mol. The number of hydrogen-bond donors (Lipinski definition) is 1. The van der Waals surface area contributed by atoms with Gasteiger partial charge in [0.05, 0.1) is 17.2 Å². The predicted molar refractivity (Wildman–Crippen MR) is 128 cm³/mol. The maximum absolute atomic E-state index is 15.8. The average Bonchev–Trinajstić information content (AvgIpc) is 2.85. The number of fused-ring (bicyclic) bond motifs is 1. The van der Waals surface area contributed by atoms with Gasteiger partial charge in [0.25, 0.3) is 0 Å². The molecule has 1 saturated heterocycles. The fourth-order valence-electron chi connectivity index (χ4n) is 4.00. The zero-order valence-electron chi connectivity index (χ0n) is 18.4. The Morgan fingerprint density at radius 1 is 1.21 bits per heavy atom. The van der Waals surface area contributed by atoms with Crippen LogP contribution in [-0.4, -0.2) is 60.1 Å². The molecule has 0 unspecified atom stereocenters. The molecule has 0 spiro atoms. The van der Waals surface area contributed by atoms with E-state index in [0.29, 0.717) is 50.3 Å². The summed E-state index contributed by atoms with van der Waals surface area (Å²) in [5.41, 5.74) is 5.34. The third-order valence-electron chi connectivity index (χ3n) is 5.70. The van der Waals surface area contributed by atoms with Gasteiger partial charge in [-0.3, -0.25) is 4.79 Å². The summed E-state index contributed by atoms with van der Waals surface area (Å²) in [6.07, 6.45) is 3.11. The number of piperazine rings is 1. The summed E-state index contributed by atoms with van der Waals surface area (Å²) in [4.78, 5) is 24.0. The molecule has 10 heteroatoms. The van der Waals surface area contributed by atoms with Gasteiger partial charge in [-0.2, -0.15) is 0 Å². The number of halogens is 3. The lowest BCUT2D eigenvalue weighted by atomic mass is 10.0. The highest BCUT2D eigenvalue weighted by Gasteiger charge is 2.26. The second-order valence-corrected chi connectivity index (χ2v) is 8.17. The first kappa shape index (κ1) is 23.8. The van der Waals surface area contributed by atoms with Crippen molar-refractivity contribution >= 4 is 34.2 Å². The lowest BCUT2D eigenvalue weighted by molar-refractivity contribution is -0.126. The van der Waals surface area contributed by atoms with E-state index >= 15 is 4.39 Å². The highest BCUT2D eigenvalue weighted by atomic mass is 35.5. The van der Waals surface area contributed by atoms with Crippen LogP contribution in [0.15, 0.2) is 43.2 Å². The maximum Gasteiger partial charge on any atom is 0.246 e. The quantitative estimate of drug-likeness (QED) is 0.403. The van der Waals surface area contributed by atoms with Crippen LogP contribution in [0.5, 0.6) is 5.75 Å². The van der Waals surface area contributed by atoms with Gasteiger partial charge in [-0.25, -0.2) is 18.7 Å². The number of ether oxygens (including phenoxy) is 1. The molecule has 2 N–H and O–H groups in total. The molecule has 1 aromatic heterocycles. The van der Waals surface area contributed by atoms with Crippen LogP contribution in [-0.2, 0) is 4.79 Å². The van der Waals surface area contributed by atoms with E-state index in [1.807, 2.05) is 4.90 Å². The van der Waals surface area contributed by atoms with Crippen LogP contribution >= 0.6 is 11.6 Å². The highest BCUT2D eigenvalue weighted by Crippen LogP contribution is 2.42. The second kappa shape index (κ2) is 10.3. The molecule has 1 aliphatic rings. The second-order valence-electron chi connectivity index (χ2n) is 7.76. The molecule has 7 nitrogen and oxygen atoms in total. The molecule has 0 saturated carbocycles. The summed E-state index contributed by atoms with van der Waals surface area (Å²) < 4.78 is 36.4. The lowest BCUT2D eigenvalue weighted by Gasteiger charge is -2.35. The van der Waals surface area contributed by atoms with E-state index in [4.69, 9.17) is 22.1 Å². The van der Waals surface area contributed by atoms with Gasteiger partial charge in [0, 0.05) is 37.1 Å². The third-order valence-corrected chi connectivity index (χ3v) is 6.00. The standard InChI is InChI=1S/C24H24ClF2N5O2/c1-2-19(33)31-8-10-32(11-9-31)24-15-13-16(25)20(22(27)23(15)29-14-30-24)21-17(26)5-3-6-18(21)34-12-4-7-28/h2-3,5-6,13-14H,1,4,7-12,28H2. The van der Waals surface area contributed by atoms with Gasteiger partial charge in [-0.15, -0.1) is 0 Å². The number of aromatic nitrogens is 2.